The molecule has 0 aliphatic carbocycles. The predicted molar refractivity (Wildman–Crippen MR) is 146 cm³/mol. The summed E-state index contributed by atoms with van der Waals surface area (Å²) in [5.74, 6) is 5.68. The normalized spacial score (nSPS) is 11.7. The number of para-hydroxylation sites is 1. The molecule has 0 saturated carbocycles. The third kappa shape index (κ3) is 4.34. The predicted octanol–water partition coefficient (Wildman–Crippen LogP) is 4.22. The van der Waals surface area contributed by atoms with Crippen LogP contribution in [0.1, 0.15) is 46.0 Å². The van der Waals surface area contributed by atoms with Crippen LogP contribution >= 0.6 is 0 Å². The highest BCUT2D eigenvalue weighted by atomic mass is 16.3. The lowest BCUT2D eigenvalue weighted by molar-refractivity contribution is 0.0939. The fraction of sp³-hybridized carbons (Fsp3) is 0.100. The summed E-state index contributed by atoms with van der Waals surface area (Å²) in [7, 11) is 0. The Labute approximate surface area is 222 Å². The Morgan fingerprint density at radius 2 is 1.90 bits per heavy atom. The fourth-order valence-electron chi connectivity index (χ4n) is 4.66. The summed E-state index contributed by atoms with van der Waals surface area (Å²) in [6.07, 6.45) is 6.12. The second-order valence-electron chi connectivity index (χ2n) is 8.98. The number of carbonyl (C=O) groups excluding carboxylic acids is 1. The molecule has 2 aromatic carbocycles. The molecule has 0 saturated heterocycles. The zero-order valence-corrected chi connectivity index (χ0v) is 21.1. The Morgan fingerprint density at radius 1 is 1.05 bits per heavy atom. The maximum absolute atomic E-state index is 14.1. The molecule has 1 amide bonds. The van der Waals surface area contributed by atoms with Crippen LogP contribution in [0.25, 0.3) is 22.1 Å². The molecule has 4 heterocycles. The van der Waals surface area contributed by atoms with Crippen molar-refractivity contribution in [1.29, 1.82) is 0 Å². The molecule has 0 radical (unpaired) electrons. The number of amides is 1. The topological polar surface area (TPSA) is 107 Å². The standard InChI is InChI=1S/C30H22N6O3/c1-19(33-29(37)26-20(2)34-35-15-7-14-31-28(26)35)25-16-22-9-6-8-21(12-13-23-17-39-18-32-23)27(22)30(38)36(25)24-10-4-3-5-11-24/h3-11,14-19H,1-2H3,(H,33,37)/t19-/m0/s1. The molecule has 190 valence electrons. The molecule has 9 heteroatoms. The van der Waals surface area contributed by atoms with Gasteiger partial charge in [-0.05, 0) is 55.5 Å². The second-order valence-corrected chi connectivity index (χ2v) is 8.98. The Balaban J connectivity index is 1.48. The van der Waals surface area contributed by atoms with Gasteiger partial charge >= 0.3 is 0 Å². The summed E-state index contributed by atoms with van der Waals surface area (Å²) in [6.45, 7) is 3.62. The van der Waals surface area contributed by atoms with Crippen LogP contribution in [-0.4, -0.2) is 30.1 Å². The van der Waals surface area contributed by atoms with Crippen molar-refractivity contribution < 1.29 is 9.21 Å². The number of aromatic nitrogens is 5. The van der Waals surface area contributed by atoms with Gasteiger partial charge in [-0.15, -0.1) is 0 Å². The number of hydrogen-bond acceptors (Lipinski definition) is 6. The van der Waals surface area contributed by atoms with E-state index in [-0.39, 0.29) is 11.5 Å². The number of nitrogens with one attached hydrogen (secondary N) is 1. The van der Waals surface area contributed by atoms with Crippen LogP contribution < -0.4 is 10.9 Å². The zero-order valence-electron chi connectivity index (χ0n) is 21.1. The van der Waals surface area contributed by atoms with Crippen molar-refractivity contribution >= 4 is 22.3 Å². The molecule has 39 heavy (non-hydrogen) atoms. The van der Waals surface area contributed by atoms with Crippen molar-refractivity contribution in [2.75, 3.05) is 0 Å². The van der Waals surface area contributed by atoms with E-state index < -0.39 is 6.04 Å². The van der Waals surface area contributed by atoms with E-state index in [1.807, 2.05) is 55.5 Å². The highest BCUT2D eigenvalue weighted by molar-refractivity contribution is 6.01. The average molecular weight is 515 g/mol. The number of rotatable bonds is 4. The van der Waals surface area contributed by atoms with Crippen LogP contribution in [0, 0.1) is 18.8 Å². The van der Waals surface area contributed by atoms with Crippen molar-refractivity contribution in [3.05, 3.63) is 124 Å². The number of aryl methyl sites for hydroxylation is 1. The highest BCUT2D eigenvalue weighted by Gasteiger charge is 2.23. The number of fused-ring (bicyclic) bond motifs is 2. The molecule has 1 N–H and O–H groups in total. The molecule has 0 aliphatic heterocycles. The molecule has 0 aliphatic rings. The first-order valence-electron chi connectivity index (χ1n) is 12.3. The van der Waals surface area contributed by atoms with Gasteiger partial charge in [0.2, 0.25) is 0 Å². The Hall–Kier alpha value is -5.49. The van der Waals surface area contributed by atoms with Crippen LogP contribution in [-0.2, 0) is 0 Å². The fourth-order valence-corrected chi connectivity index (χ4v) is 4.66. The van der Waals surface area contributed by atoms with Gasteiger partial charge in [0.1, 0.15) is 11.8 Å². The minimum atomic E-state index is -0.530. The molecule has 6 rings (SSSR count). The van der Waals surface area contributed by atoms with E-state index in [2.05, 4.69) is 32.2 Å². The van der Waals surface area contributed by atoms with Crippen LogP contribution in [0.3, 0.4) is 0 Å². The summed E-state index contributed by atoms with van der Waals surface area (Å²) in [4.78, 5) is 35.9. The number of pyridine rings is 1. The highest BCUT2D eigenvalue weighted by Crippen LogP contribution is 2.24. The molecular formula is C30H22N6O3. The van der Waals surface area contributed by atoms with Crippen LogP contribution in [0.4, 0.5) is 0 Å². The molecule has 6 aromatic rings. The van der Waals surface area contributed by atoms with Gasteiger partial charge in [-0.25, -0.2) is 14.5 Å². The van der Waals surface area contributed by atoms with Crippen LogP contribution in [0.5, 0.6) is 0 Å². The summed E-state index contributed by atoms with van der Waals surface area (Å²) in [5.41, 5.74) is 3.52. The van der Waals surface area contributed by atoms with Gasteiger partial charge < -0.3 is 9.73 Å². The molecule has 9 nitrogen and oxygen atoms in total. The first-order valence-corrected chi connectivity index (χ1v) is 12.3. The summed E-state index contributed by atoms with van der Waals surface area (Å²) >= 11 is 0. The van der Waals surface area contributed by atoms with E-state index in [0.717, 1.165) is 0 Å². The molecule has 0 fully saturated rings. The molecular weight excluding hydrogens is 492 g/mol. The molecule has 1 atom stereocenters. The largest absolute Gasteiger partial charge is 0.450 e. The number of hydrogen-bond donors (Lipinski definition) is 1. The van der Waals surface area contributed by atoms with E-state index >= 15 is 0 Å². The van der Waals surface area contributed by atoms with Crippen molar-refractivity contribution in [3.63, 3.8) is 0 Å². The lowest BCUT2D eigenvalue weighted by Gasteiger charge is -2.21. The van der Waals surface area contributed by atoms with Crippen molar-refractivity contribution in [2.24, 2.45) is 0 Å². The second kappa shape index (κ2) is 9.76. The maximum atomic E-state index is 14.1. The van der Waals surface area contributed by atoms with Gasteiger partial charge in [-0.2, -0.15) is 5.10 Å². The smallest absolute Gasteiger partial charge is 0.264 e. The summed E-state index contributed by atoms with van der Waals surface area (Å²) in [6, 6.07) is 18.0. The van der Waals surface area contributed by atoms with Crippen molar-refractivity contribution in [2.45, 2.75) is 19.9 Å². The first-order chi connectivity index (χ1) is 19.0. The van der Waals surface area contributed by atoms with E-state index in [1.165, 1.54) is 12.7 Å². The van der Waals surface area contributed by atoms with Gasteiger partial charge in [0.05, 0.1) is 17.1 Å². The Kier molecular flexibility index (Phi) is 5.98. The average Bonchev–Trinajstić information content (AvgIpc) is 3.59. The van der Waals surface area contributed by atoms with Gasteiger partial charge in [-0.3, -0.25) is 14.2 Å². The van der Waals surface area contributed by atoms with Crippen LogP contribution in [0.15, 0.2) is 94.9 Å². The van der Waals surface area contributed by atoms with E-state index in [0.29, 0.717) is 50.3 Å². The molecule has 0 unspecified atom stereocenters. The van der Waals surface area contributed by atoms with Gasteiger partial charge in [0.25, 0.3) is 11.5 Å². The van der Waals surface area contributed by atoms with Crippen LogP contribution in [0.2, 0.25) is 0 Å². The summed E-state index contributed by atoms with van der Waals surface area (Å²) < 4.78 is 8.20. The Morgan fingerprint density at radius 3 is 2.69 bits per heavy atom. The zero-order chi connectivity index (χ0) is 26.9. The number of nitrogens with zero attached hydrogens (tertiary/aromatic N) is 5. The lowest BCUT2D eigenvalue weighted by atomic mass is 10.0. The van der Waals surface area contributed by atoms with Crippen molar-refractivity contribution in [1.82, 2.24) is 29.5 Å². The van der Waals surface area contributed by atoms with Crippen molar-refractivity contribution in [3.8, 4) is 17.5 Å². The van der Waals surface area contributed by atoms with E-state index in [4.69, 9.17) is 4.42 Å². The molecule has 4 aromatic heterocycles. The molecule has 0 bridgehead atoms. The van der Waals surface area contributed by atoms with E-state index in [1.54, 1.807) is 40.5 Å². The first kappa shape index (κ1) is 23.9. The third-order valence-corrected chi connectivity index (χ3v) is 6.44. The summed E-state index contributed by atoms with van der Waals surface area (Å²) in [5, 5.41) is 8.63. The van der Waals surface area contributed by atoms with Gasteiger partial charge in [0.15, 0.2) is 17.7 Å². The minimum absolute atomic E-state index is 0.242. The monoisotopic (exact) mass is 514 g/mol. The lowest BCUT2D eigenvalue weighted by Crippen LogP contribution is -2.32. The quantitative estimate of drug-likeness (QED) is 0.353. The maximum Gasteiger partial charge on any atom is 0.264 e. The number of oxazole rings is 1. The van der Waals surface area contributed by atoms with Gasteiger partial charge in [-0.1, -0.05) is 36.3 Å². The Bertz CT molecular complexity index is 1960. The SMILES string of the molecule is Cc1nn2cccnc2c1C(=O)N[C@@H](C)c1cc2cccc(C#Cc3cocn3)c2c(=O)n1-c1ccccc1. The number of benzene rings is 2. The van der Waals surface area contributed by atoms with Gasteiger partial charge in [0, 0.05) is 29.3 Å². The molecule has 0 spiro atoms. The van der Waals surface area contributed by atoms with E-state index in [9.17, 15) is 9.59 Å². The number of carbonyl (C=O) groups is 1. The third-order valence-electron chi connectivity index (χ3n) is 6.44. The minimum Gasteiger partial charge on any atom is -0.450 e.